The summed E-state index contributed by atoms with van der Waals surface area (Å²) in [4.78, 5) is 32.8. The third-order valence-corrected chi connectivity index (χ3v) is 6.70. The third-order valence-electron chi connectivity index (χ3n) is 6.70. The third kappa shape index (κ3) is 5.06. The largest absolute Gasteiger partial charge is 0.369 e. The highest BCUT2D eigenvalue weighted by Crippen LogP contribution is 2.22. The summed E-state index contributed by atoms with van der Waals surface area (Å²) >= 11 is 0. The minimum Gasteiger partial charge on any atom is -0.369 e. The number of nitro benzene ring substituents is 1. The molecule has 9 nitrogen and oxygen atoms in total. The molecule has 0 unspecified atom stereocenters. The molecule has 184 valence electrons. The van der Waals surface area contributed by atoms with Crippen molar-refractivity contribution in [3.05, 3.63) is 94.3 Å². The van der Waals surface area contributed by atoms with E-state index < -0.39 is 10.8 Å². The fourth-order valence-corrected chi connectivity index (χ4v) is 4.64. The maximum Gasteiger partial charge on any atom is 0.270 e. The van der Waals surface area contributed by atoms with Crippen LogP contribution in [0.15, 0.2) is 72.8 Å². The van der Waals surface area contributed by atoms with Crippen LogP contribution < -0.4 is 10.2 Å². The van der Waals surface area contributed by atoms with Crippen LogP contribution in [-0.4, -0.2) is 58.0 Å². The molecule has 36 heavy (non-hydrogen) atoms. The number of aromatic nitrogens is 2. The Hall–Kier alpha value is -4.24. The van der Waals surface area contributed by atoms with Gasteiger partial charge in [-0.2, -0.15) is 0 Å². The zero-order chi connectivity index (χ0) is 25.1. The number of amides is 1. The number of hydrogen-bond acceptors (Lipinski definition) is 6. The Balaban J connectivity index is 1.21. The highest BCUT2D eigenvalue weighted by atomic mass is 16.6. The summed E-state index contributed by atoms with van der Waals surface area (Å²) in [6, 6.07) is 21.8. The van der Waals surface area contributed by atoms with Crippen molar-refractivity contribution in [2.75, 3.05) is 42.9 Å². The van der Waals surface area contributed by atoms with Gasteiger partial charge < -0.3 is 14.8 Å². The van der Waals surface area contributed by atoms with Gasteiger partial charge in [0.05, 0.1) is 16.0 Å². The van der Waals surface area contributed by atoms with Crippen LogP contribution in [-0.2, 0) is 13.5 Å². The number of anilines is 2. The lowest BCUT2D eigenvalue weighted by molar-refractivity contribution is -0.384. The zero-order valence-electron chi connectivity index (χ0n) is 20.1. The zero-order valence-corrected chi connectivity index (χ0v) is 20.1. The first-order chi connectivity index (χ1) is 17.5. The Labute approximate surface area is 209 Å². The first-order valence-electron chi connectivity index (χ1n) is 12.0. The average Bonchev–Trinajstić information content (AvgIpc) is 3.22. The van der Waals surface area contributed by atoms with E-state index in [-0.39, 0.29) is 11.3 Å². The van der Waals surface area contributed by atoms with Gasteiger partial charge in [-0.15, -0.1) is 0 Å². The number of aryl methyl sites for hydroxylation is 1. The van der Waals surface area contributed by atoms with E-state index >= 15 is 0 Å². The standard InChI is InChI=1S/C27H28N6O3/c1-30-25-11-10-21(28-27(34)20-6-5-9-23(18-20)33(35)36)19-24(25)29-26(30)12-13-31-14-16-32(17-15-31)22-7-3-2-4-8-22/h2-11,18-19H,12-17H2,1H3,(H,28,34). The molecule has 1 N–H and O–H groups in total. The van der Waals surface area contributed by atoms with Gasteiger partial charge in [-0.05, 0) is 36.4 Å². The van der Waals surface area contributed by atoms with Crippen molar-refractivity contribution in [3.63, 3.8) is 0 Å². The summed E-state index contributed by atoms with van der Waals surface area (Å²) in [5.74, 6) is 0.599. The monoisotopic (exact) mass is 484 g/mol. The molecule has 9 heteroatoms. The van der Waals surface area contributed by atoms with Crippen LogP contribution >= 0.6 is 0 Å². The summed E-state index contributed by atoms with van der Waals surface area (Å²) in [7, 11) is 2.01. The molecule has 1 aromatic heterocycles. The van der Waals surface area contributed by atoms with E-state index in [1.807, 2.05) is 31.3 Å². The number of nitrogens with zero attached hydrogens (tertiary/aromatic N) is 5. The number of rotatable bonds is 7. The SMILES string of the molecule is Cn1c(CCN2CCN(c3ccccc3)CC2)nc2cc(NC(=O)c3cccc([N+](=O)[O-])c3)ccc21. The van der Waals surface area contributed by atoms with Crippen molar-refractivity contribution >= 4 is 34.0 Å². The molecule has 4 aromatic rings. The lowest BCUT2D eigenvalue weighted by Crippen LogP contribution is -2.47. The molecule has 1 fully saturated rings. The van der Waals surface area contributed by atoms with Crippen LogP contribution in [0.5, 0.6) is 0 Å². The number of fused-ring (bicyclic) bond motifs is 1. The molecule has 0 spiro atoms. The Morgan fingerprint density at radius 1 is 1.00 bits per heavy atom. The van der Waals surface area contributed by atoms with Gasteiger partial charge in [0.15, 0.2) is 0 Å². The first-order valence-corrected chi connectivity index (χ1v) is 12.0. The van der Waals surface area contributed by atoms with Gasteiger partial charge in [0, 0.05) is 75.3 Å². The molecule has 3 aromatic carbocycles. The van der Waals surface area contributed by atoms with Crippen molar-refractivity contribution in [3.8, 4) is 0 Å². The van der Waals surface area contributed by atoms with Gasteiger partial charge in [0.1, 0.15) is 5.82 Å². The van der Waals surface area contributed by atoms with E-state index in [1.165, 1.54) is 23.9 Å². The van der Waals surface area contributed by atoms with Crippen LogP contribution in [0, 0.1) is 10.1 Å². The topological polar surface area (TPSA) is 96.5 Å². The summed E-state index contributed by atoms with van der Waals surface area (Å²) in [6.45, 7) is 5.01. The fourth-order valence-electron chi connectivity index (χ4n) is 4.64. The number of non-ortho nitro benzene ring substituents is 1. The van der Waals surface area contributed by atoms with Gasteiger partial charge in [0.2, 0.25) is 0 Å². The number of nitrogens with one attached hydrogen (secondary N) is 1. The second-order valence-corrected chi connectivity index (χ2v) is 8.97. The van der Waals surface area contributed by atoms with Crippen molar-refractivity contribution in [2.24, 2.45) is 7.05 Å². The van der Waals surface area contributed by atoms with E-state index in [2.05, 4.69) is 43.9 Å². The number of hydrogen-bond donors (Lipinski definition) is 1. The molecule has 5 rings (SSSR count). The number of benzene rings is 3. The minimum absolute atomic E-state index is 0.117. The van der Waals surface area contributed by atoms with Crippen LogP contribution in [0.4, 0.5) is 17.1 Å². The van der Waals surface area contributed by atoms with Gasteiger partial charge in [-0.1, -0.05) is 24.3 Å². The van der Waals surface area contributed by atoms with Crippen LogP contribution in [0.2, 0.25) is 0 Å². The lowest BCUT2D eigenvalue weighted by Gasteiger charge is -2.36. The van der Waals surface area contributed by atoms with Crippen molar-refractivity contribution in [2.45, 2.75) is 6.42 Å². The number of carbonyl (C=O) groups is 1. The molecule has 0 bridgehead atoms. The van der Waals surface area contributed by atoms with Crippen molar-refractivity contribution < 1.29 is 9.72 Å². The molecule has 1 saturated heterocycles. The molecule has 1 aliphatic rings. The highest BCUT2D eigenvalue weighted by Gasteiger charge is 2.18. The van der Waals surface area contributed by atoms with E-state index in [4.69, 9.17) is 4.98 Å². The molecule has 0 saturated carbocycles. The van der Waals surface area contributed by atoms with Crippen LogP contribution in [0.1, 0.15) is 16.2 Å². The molecule has 0 atom stereocenters. The average molecular weight is 485 g/mol. The first kappa shape index (κ1) is 23.5. The van der Waals surface area contributed by atoms with E-state index in [1.54, 1.807) is 6.07 Å². The van der Waals surface area contributed by atoms with E-state index in [0.29, 0.717) is 5.69 Å². The Bertz CT molecular complexity index is 1390. The normalized spacial score (nSPS) is 14.2. The molecule has 0 aliphatic carbocycles. The van der Waals surface area contributed by atoms with Crippen LogP contribution in [0.3, 0.4) is 0 Å². The van der Waals surface area contributed by atoms with Crippen molar-refractivity contribution in [1.29, 1.82) is 0 Å². The van der Waals surface area contributed by atoms with Crippen molar-refractivity contribution in [1.82, 2.24) is 14.5 Å². The summed E-state index contributed by atoms with van der Waals surface area (Å²) in [6.07, 6.45) is 0.839. The maximum absolute atomic E-state index is 12.6. The lowest BCUT2D eigenvalue weighted by atomic mass is 10.2. The van der Waals surface area contributed by atoms with Gasteiger partial charge in [-0.3, -0.25) is 19.8 Å². The summed E-state index contributed by atoms with van der Waals surface area (Å²) in [5, 5.41) is 13.8. The Morgan fingerprint density at radius 3 is 2.53 bits per heavy atom. The molecule has 0 radical (unpaired) electrons. The molecule has 1 aliphatic heterocycles. The predicted octanol–water partition coefficient (Wildman–Crippen LogP) is 4.10. The van der Waals surface area contributed by atoms with Gasteiger partial charge in [-0.25, -0.2) is 4.98 Å². The predicted molar refractivity (Wildman–Crippen MR) is 141 cm³/mol. The second-order valence-electron chi connectivity index (χ2n) is 8.97. The number of imidazole rings is 1. The number of carbonyl (C=O) groups excluding carboxylic acids is 1. The Kier molecular flexibility index (Phi) is 6.64. The summed E-state index contributed by atoms with van der Waals surface area (Å²) in [5.41, 5.74) is 3.79. The molecular formula is C27H28N6O3. The second kappa shape index (κ2) is 10.2. The van der Waals surface area contributed by atoms with Gasteiger partial charge >= 0.3 is 0 Å². The Morgan fingerprint density at radius 2 is 1.78 bits per heavy atom. The minimum atomic E-state index is -0.512. The molecular weight excluding hydrogens is 456 g/mol. The van der Waals surface area contributed by atoms with E-state index in [0.717, 1.165) is 56.0 Å². The maximum atomic E-state index is 12.6. The van der Waals surface area contributed by atoms with E-state index in [9.17, 15) is 14.9 Å². The molecule has 1 amide bonds. The quantitative estimate of drug-likeness (QED) is 0.313. The van der Waals surface area contributed by atoms with Gasteiger partial charge in [0.25, 0.3) is 11.6 Å². The number of piperazine rings is 1. The van der Waals surface area contributed by atoms with Crippen LogP contribution in [0.25, 0.3) is 11.0 Å². The smallest absolute Gasteiger partial charge is 0.270 e. The fraction of sp³-hybridized carbons (Fsp3) is 0.259. The number of nitro groups is 1. The summed E-state index contributed by atoms with van der Waals surface area (Å²) < 4.78 is 2.10. The highest BCUT2D eigenvalue weighted by molar-refractivity contribution is 6.05. The molecule has 2 heterocycles. The number of para-hydroxylation sites is 1.